The number of methoxy groups -OCH3 is 1. The minimum Gasteiger partial charge on any atom is -0.497 e. The van der Waals surface area contributed by atoms with E-state index in [0.717, 1.165) is 28.4 Å². The van der Waals surface area contributed by atoms with Crippen LogP contribution in [0.4, 0.5) is 10.5 Å². The molecular weight excluding hydrogens is 346 g/mol. The smallest absolute Gasteiger partial charge is 0.335 e. The SMILES string of the molecule is CCn1c(C)cc(/C=C2\C(=O)NC(=O)N(c3ccc(OC)cc3)C2=O)c1C. The van der Waals surface area contributed by atoms with Crippen LogP contribution >= 0.6 is 0 Å². The average molecular weight is 367 g/mol. The van der Waals surface area contributed by atoms with E-state index in [1.807, 2.05) is 26.8 Å². The van der Waals surface area contributed by atoms with Crippen molar-refractivity contribution in [2.24, 2.45) is 0 Å². The van der Waals surface area contributed by atoms with Crippen molar-refractivity contribution in [3.8, 4) is 5.75 Å². The molecule has 1 aliphatic heterocycles. The second-order valence-corrected chi connectivity index (χ2v) is 6.23. The lowest BCUT2D eigenvalue weighted by molar-refractivity contribution is -0.122. The van der Waals surface area contributed by atoms with Gasteiger partial charge in [-0.15, -0.1) is 0 Å². The van der Waals surface area contributed by atoms with E-state index in [0.29, 0.717) is 11.4 Å². The Balaban J connectivity index is 2.02. The summed E-state index contributed by atoms with van der Waals surface area (Å²) in [6.07, 6.45) is 1.54. The summed E-state index contributed by atoms with van der Waals surface area (Å²) < 4.78 is 7.18. The maximum absolute atomic E-state index is 12.9. The highest BCUT2D eigenvalue weighted by atomic mass is 16.5. The maximum Gasteiger partial charge on any atom is 0.335 e. The normalized spacial score (nSPS) is 16.1. The van der Waals surface area contributed by atoms with Gasteiger partial charge in [0.2, 0.25) is 0 Å². The molecule has 2 heterocycles. The van der Waals surface area contributed by atoms with Gasteiger partial charge in [0.25, 0.3) is 11.8 Å². The van der Waals surface area contributed by atoms with Gasteiger partial charge in [-0.25, -0.2) is 9.69 Å². The molecule has 7 nitrogen and oxygen atoms in total. The first-order valence-corrected chi connectivity index (χ1v) is 8.59. The number of carbonyl (C=O) groups is 3. The van der Waals surface area contributed by atoms with Crippen molar-refractivity contribution in [1.82, 2.24) is 9.88 Å². The number of benzene rings is 1. The quantitative estimate of drug-likeness (QED) is 0.666. The standard InChI is InChI=1S/C20H21N3O4/c1-5-22-12(2)10-14(13(22)3)11-17-18(24)21-20(26)23(19(17)25)15-6-8-16(27-4)9-7-15/h6-11H,5H2,1-4H3,(H,21,24,26)/b17-11+. The lowest BCUT2D eigenvalue weighted by atomic mass is 10.1. The molecule has 4 amide bonds. The van der Waals surface area contributed by atoms with Crippen LogP contribution < -0.4 is 15.0 Å². The Kier molecular flexibility index (Phi) is 4.85. The van der Waals surface area contributed by atoms with Crippen LogP contribution in [0.1, 0.15) is 23.9 Å². The van der Waals surface area contributed by atoms with Crippen LogP contribution in [0, 0.1) is 13.8 Å². The topological polar surface area (TPSA) is 80.6 Å². The van der Waals surface area contributed by atoms with Gasteiger partial charge >= 0.3 is 6.03 Å². The second kappa shape index (κ2) is 7.11. The molecular formula is C20H21N3O4. The number of urea groups is 1. The summed E-state index contributed by atoms with van der Waals surface area (Å²) in [5.41, 5.74) is 3.04. The maximum atomic E-state index is 12.9. The molecule has 0 radical (unpaired) electrons. The summed E-state index contributed by atoms with van der Waals surface area (Å²) >= 11 is 0. The third-order valence-corrected chi connectivity index (χ3v) is 4.66. The molecule has 0 aliphatic carbocycles. The number of hydrogen-bond donors (Lipinski definition) is 1. The Bertz CT molecular complexity index is 954. The van der Waals surface area contributed by atoms with E-state index >= 15 is 0 Å². The van der Waals surface area contributed by atoms with Crippen molar-refractivity contribution in [1.29, 1.82) is 0 Å². The van der Waals surface area contributed by atoms with Gasteiger partial charge in [-0.3, -0.25) is 14.9 Å². The van der Waals surface area contributed by atoms with Crippen molar-refractivity contribution in [2.45, 2.75) is 27.3 Å². The first kappa shape index (κ1) is 18.4. The predicted molar refractivity (Wildman–Crippen MR) is 102 cm³/mol. The lowest BCUT2D eigenvalue weighted by Gasteiger charge is -2.26. The first-order chi connectivity index (χ1) is 12.9. The largest absolute Gasteiger partial charge is 0.497 e. The van der Waals surface area contributed by atoms with Gasteiger partial charge in [-0.05, 0) is 62.7 Å². The number of carbonyl (C=O) groups excluding carboxylic acids is 3. The van der Waals surface area contributed by atoms with E-state index < -0.39 is 17.8 Å². The summed E-state index contributed by atoms with van der Waals surface area (Å²) in [4.78, 5) is 38.4. The molecule has 0 bridgehead atoms. The fraction of sp³-hybridized carbons (Fsp3) is 0.250. The summed E-state index contributed by atoms with van der Waals surface area (Å²) in [6.45, 7) is 6.71. The lowest BCUT2D eigenvalue weighted by Crippen LogP contribution is -2.54. The molecule has 1 aromatic carbocycles. The molecule has 0 saturated carbocycles. The van der Waals surface area contributed by atoms with E-state index in [9.17, 15) is 14.4 Å². The number of rotatable bonds is 4. The van der Waals surface area contributed by atoms with Gasteiger partial charge in [0, 0.05) is 17.9 Å². The van der Waals surface area contributed by atoms with Gasteiger partial charge in [0.15, 0.2) is 0 Å². The Hall–Kier alpha value is -3.35. The van der Waals surface area contributed by atoms with Gasteiger partial charge in [0.1, 0.15) is 11.3 Å². The highest BCUT2D eigenvalue weighted by Crippen LogP contribution is 2.25. The van der Waals surface area contributed by atoms with Crippen LogP contribution in [-0.2, 0) is 16.1 Å². The Morgan fingerprint density at radius 1 is 1.11 bits per heavy atom. The number of amides is 4. The highest BCUT2D eigenvalue weighted by molar-refractivity contribution is 6.39. The van der Waals surface area contributed by atoms with Crippen molar-refractivity contribution in [3.05, 3.63) is 52.9 Å². The molecule has 27 heavy (non-hydrogen) atoms. The minimum absolute atomic E-state index is 0.0817. The zero-order chi connectivity index (χ0) is 19.7. The van der Waals surface area contributed by atoms with Crippen LogP contribution in [-0.4, -0.2) is 29.5 Å². The summed E-state index contributed by atoms with van der Waals surface area (Å²) in [7, 11) is 1.53. The van der Waals surface area contributed by atoms with Crippen LogP contribution in [0.3, 0.4) is 0 Å². The van der Waals surface area contributed by atoms with Crippen molar-refractivity contribution >= 4 is 29.6 Å². The molecule has 0 unspecified atom stereocenters. The number of nitrogens with one attached hydrogen (secondary N) is 1. The number of barbiturate groups is 1. The monoisotopic (exact) mass is 367 g/mol. The first-order valence-electron chi connectivity index (χ1n) is 8.59. The molecule has 3 rings (SSSR count). The van der Waals surface area contributed by atoms with Crippen molar-refractivity contribution in [3.63, 3.8) is 0 Å². The zero-order valence-electron chi connectivity index (χ0n) is 15.7. The van der Waals surface area contributed by atoms with Crippen LogP contribution in [0.25, 0.3) is 6.08 Å². The number of imide groups is 2. The van der Waals surface area contributed by atoms with E-state index in [4.69, 9.17) is 4.74 Å². The summed E-state index contributed by atoms with van der Waals surface area (Å²) in [6, 6.07) is 7.61. The van der Waals surface area contributed by atoms with Crippen LogP contribution in [0.5, 0.6) is 5.75 Å². The van der Waals surface area contributed by atoms with E-state index in [1.165, 1.54) is 13.2 Å². The van der Waals surface area contributed by atoms with Crippen LogP contribution in [0.2, 0.25) is 0 Å². The van der Waals surface area contributed by atoms with Gasteiger partial charge in [-0.1, -0.05) is 0 Å². The van der Waals surface area contributed by atoms with Crippen LogP contribution in [0.15, 0.2) is 35.9 Å². The number of aromatic nitrogens is 1. The van der Waals surface area contributed by atoms with E-state index in [1.54, 1.807) is 24.3 Å². The summed E-state index contributed by atoms with van der Waals surface area (Å²) in [5.74, 6) is -0.756. The summed E-state index contributed by atoms with van der Waals surface area (Å²) in [5, 5.41) is 2.23. The number of aryl methyl sites for hydroxylation is 1. The molecule has 7 heteroatoms. The van der Waals surface area contributed by atoms with E-state index in [2.05, 4.69) is 9.88 Å². The fourth-order valence-corrected chi connectivity index (χ4v) is 3.24. The molecule has 1 aliphatic rings. The molecule has 1 saturated heterocycles. The second-order valence-electron chi connectivity index (χ2n) is 6.23. The van der Waals surface area contributed by atoms with E-state index in [-0.39, 0.29) is 5.57 Å². The molecule has 140 valence electrons. The van der Waals surface area contributed by atoms with Crippen molar-refractivity contribution < 1.29 is 19.1 Å². The molecule has 2 aromatic rings. The highest BCUT2D eigenvalue weighted by Gasteiger charge is 2.37. The number of hydrogen-bond acceptors (Lipinski definition) is 4. The van der Waals surface area contributed by atoms with Gasteiger partial charge in [0.05, 0.1) is 12.8 Å². The number of anilines is 1. The Morgan fingerprint density at radius 2 is 1.78 bits per heavy atom. The molecule has 1 aromatic heterocycles. The predicted octanol–water partition coefficient (Wildman–Crippen LogP) is 2.80. The average Bonchev–Trinajstić information content (AvgIpc) is 2.91. The third-order valence-electron chi connectivity index (χ3n) is 4.66. The molecule has 0 atom stereocenters. The Morgan fingerprint density at radius 3 is 2.33 bits per heavy atom. The molecule has 1 N–H and O–H groups in total. The van der Waals surface area contributed by atoms with Gasteiger partial charge < -0.3 is 9.30 Å². The molecule has 0 spiro atoms. The van der Waals surface area contributed by atoms with Gasteiger partial charge in [-0.2, -0.15) is 0 Å². The minimum atomic E-state index is -0.772. The molecule has 1 fully saturated rings. The van der Waals surface area contributed by atoms with Crippen molar-refractivity contribution in [2.75, 3.05) is 12.0 Å². The Labute approximate surface area is 157 Å². The fourth-order valence-electron chi connectivity index (χ4n) is 3.24. The zero-order valence-corrected chi connectivity index (χ0v) is 15.7. The third kappa shape index (κ3) is 3.23. The number of ether oxygens (including phenoxy) is 1. The number of nitrogens with zero attached hydrogens (tertiary/aromatic N) is 2.